The predicted octanol–water partition coefficient (Wildman–Crippen LogP) is 7.35. The summed E-state index contributed by atoms with van der Waals surface area (Å²) in [7, 11) is 0. The Hall–Kier alpha value is -3.21. The van der Waals surface area contributed by atoms with Crippen LogP contribution in [0.15, 0.2) is 0 Å². The molecule has 3 saturated heterocycles. The van der Waals surface area contributed by atoms with Crippen molar-refractivity contribution in [2.75, 3.05) is 58.4 Å². The Labute approximate surface area is 446 Å². The number of nitrogens with zero attached hydrogens (tertiary/aromatic N) is 6. The molecule has 18 heteroatoms. The third-order valence-corrected chi connectivity index (χ3v) is 18.5. The van der Waals surface area contributed by atoms with Crippen molar-refractivity contribution in [1.29, 1.82) is 15.8 Å². The molecule has 0 aromatic carbocycles. The number of halogens is 3. The summed E-state index contributed by atoms with van der Waals surface area (Å²) in [5.74, 6) is 3.56. The number of ether oxygens (including phenoxy) is 3. The van der Waals surface area contributed by atoms with E-state index in [4.69, 9.17) is 42.1 Å². The molecule has 0 bridgehead atoms. The number of amides is 3. The van der Waals surface area contributed by atoms with Gasteiger partial charge in [0.15, 0.2) is 0 Å². The highest BCUT2D eigenvalue weighted by Crippen LogP contribution is 2.58. The van der Waals surface area contributed by atoms with Gasteiger partial charge in [-0.25, -0.2) is 8.78 Å². The zero-order valence-electron chi connectivity index (χ0n) is 45.9. The number of hydrogen-bond donors (Lipinski definition) is 3. The Kier molecular flexibility index (Phi) is 21.1. The van der Waals surface area contributed by atoms with Crippen molar-refractivity contribution in [3.63, 3.8) is 0 Å². The number of rotatable bonds is 13. The number of nitriles is 3. The van der Waals surface area contributed by atoms with E-state index in [2.05, 4.69) is 65.2 Å². The molecule has 3 amide bonds. The van der Waals surface area contributed by atoms with E-state index in [0.717, 1.165) is 95.0 Å². The molecule has 15 nitrogen and oxygen atoms in total. The molecule has 0 radical (unpaired) electrons. The lowest BCUT2D eigenvalue weighted by Gasteiger charge is -2.31. The molecule has 3 aliphatic heterocycles. The molecule has 3 heterocycles. The number of carbonyl (C=O) groups is 3. The van der Waals surface area contributed by atoms with Gasteiger partial charge in [0, 0.05) is 55.8 Å². The van der Waals surface area contributed by atoms with Gasteiger partial charge in [-0.15, -0.1) is 11.6 Å². The molecule has 18 atom stereocenters. The summed E-state index contributed by atoms with van der Waals surface area (Å²) in [5, 5.41) is 33.8. The Balaban J connectivity index is 0.000000169. The van der Waals surface area contributed by atoms with Crippen molar-refractivity contribution in [1.82, 2.24) is 25.3 Å². The third-order valence-electron chi connectivity index (χ3n) is 18.3. The third kappa shape index (κ3) is 15.3. The number of nitrogens with two attached hydrogens (primary N) is 1. The van der Waals surface area contributed by atoms with Gasteiger partial charge in [-0.05, 0) is 166 Å². The molecule has 6 saturated carbocycles. The van der Waals surface area contributed by atoms with Crippen molar-refractivity contribution in [2.24, 2.45) is 46.7 Å². The van der Waals surface area contributed by atoms with Crippen LogP contribution in [0.2, 0.25) is 0 Å². The van der Waals surface area contributed by atoms with E-state index >= 15 is 0 Å². The summed E-state index contributed by atoms with van der Waals surface area (Å²) in [4.78, 5) is 40.3. The lowest BCUT2D eigenvalue weighted by molar-refractivity contribution is -0.131. The second-order valence-electron chi connectivity index (χ2n) is 24.9. The summed E-state index contributed by atoms with van der Waals surface area (Å²) >= 11 is 5.28. The number of hydrogen-bond acceptors (Lipinski definition) is 12. The van der Waals surface area contributed by atoms with Crippen LogP contribution in [0, 0.1) is 74.9 Å². The molecule has 0 aromatic heterocycles. The van der Waals surface area contributed by atoms with Crippen LogP contribution in [0.1, 0.15) is 152 Å². The molecule has 9 fully saturated rings. The molecule has 0 spiro atoms. The van der Waals surface area contributed by atoms with E-state index in [1.165, 1.54) is 48.3 Å². The second kappa shape index (κ2) is 26.0. The Morgan fingerprint density at radius 2 is 1.01 bits per heavy atom. The van der Waals surface area contributed by atoms with E-state index in [-0.39, 0.29) is 84.2 Å². The van der Waals surface area contributed by atoms with Gasteiger partial charge in [-0.1, -0.05) is 13.8 Å². The zero-order chi connectivity index (χ0) is 54.2. The molecule has 9 aliphatic rings. The topological polar surface area (TPSA) is 210 Å². The summed E-state index contributed by atoms with van der Waals surface area (Å²) < 4.78 is 43.5. The summed E-state index contributed by atoms with van der Waals surface area (Å²) in [5.41, 5.74) is 6.50. The standard InChI is InChI=1S/C19H30FN3O2.C19H31N3O2.C11H21NO.C7H8ClFN2O/c1-4-25-16-5-13-7-19(3,12-18(13,2)8-16)22-10-17(24)23-11-14(20)6-15(23)9-21;1-4-24-17-6-14-8-19(3,9-15(14)7-17)21-11-18(23)22-12-13(2)5-16(22)10-20;1-3-13-10-4-8-6-11(2,12)7-9(8)5-10;8-2-7(12)11-4-5(9)1-6(11)3-10/h13-16,22H,4-8,10-12H2,1-3H3;13-17,21H,4-9,11-12H2,1-3H3;8-10H,3-7,12H2,1-2H3;5-6H,1-2,4H2/t13-,14-,15-,16-,18+,19-;13-,14-,15+,16-,17?,19?;8-,9+,10?,11?;5-,6-/m00.0/s1. The molecule has 4 unspecified atom stereocenters. The van der Waals surface area contributed by atoms with Crippen molar-refractivity contribution >= 4 is 29.3 Å². The maximum Gasteiger partial charge on any atom is 0.238 e. The minimum absolute atomic E-state index is 0.00375. The monoisotopic (exact) mass is 1060 g/mol. The predicted molar refractivity (Wildman–Crippen MR) is 279 cm³/mol. The van der Waals surface area contributed by atoms with Crippen LogP contribution < -0.4 is 16.4 Å². The lowest BCUT2D eigenvalue weighted by atomic mass is 9.82. The van der Waals surface area contributed by atoms with Crippen molar-refractivity contribution in [2.45, 2.75) is 217 Å². The first-order valence-corrected chi connectivity index (χ1v) is 28.6. The first-order chi connectivity index (χ1) is 35.0. The maximum atomic E-state index is 13.5. The molecule has 416 valence electrons. The van der Waals surface area contributed by atoms with E-state index in [1.54, 1.807) is 4.90 Å². The van der Waals surface area contributed by atoms with Gasteiger partial charge in [0.2, 0.25) is 17.7 Å². The van der Waals surface area contributed by atoms with Gasteiger partial charge in [0.1, 0.15) is 36.3 Å². The minimum atomic E-state index is -1.08. The molecule has 9 rings (SSSR count). The van der Waals surface area contributed by atoms with Gasteiger partial charge in [-0.2, -0.15) is 15.8 Å². The van der Waals surface area contributed by atoms with Crippen molar-refractivity contribution in [3.05, 3.63) is 0 Å². The van der Waals surface area contributed by atoms with E-state index in [1.807, 2.05) is 19.1 Å². The first-order valence-electron chi connectivity index (χ1n) is 28.1. The van der Waals surface area contributed by atoms with Crippen LogP contribution in [-0.4, -0.2) is 156 Å². The van der Waals surface area contributed by atoms with Crippen LogP contribution in [-0.2, 0) is 28.6 Å². The number of alkyl halides is 3. The van der Waals surface area contributed by atoms with Crippen LogP contribution in [0.3, 0.4) is 0 Å². The number of fused-ring (bicyclic) bond motifs is 3. The quantitative estimate of drug-likeness (QED) is 0.155. The largest absolute Gasteiger partial charge is 0.378 e. The average Bonchev–Trinajstić information content (AvgIpc) is 4.24. The van der Waals surface area contributed by atoms with Gasteiger partial charge in [0.05, 0.1) is 62.7 Å². The van der Waals surface area contributed by atoms with E-state index in [0.29, 0.717) is 36.7 Å². The highest BCUT2D eigenvalue weighted by molar-refractivity contribution is 6.27. The van der Waals surface area contributed by atoms with Crippen molar-refractivity contribution < 1.29 is 37.4 Å². The van der Waals surface area contributed by atoms with Crippen LogP contribution >= 0.6 is 11.6 Å². The maximum absolute atomic E-state index is 13.5. The SMILES string of the molecule is CCOC1C[C@@H]2CC(C)(N)C[C@@H]2C1.CCOC1C[C@@H]2CC(C)(NCC(=O)N3C[C@@H](C)C[C@H]3C#N)C[C@@H]2C1.CCO[C@H]1C[C@H]2C[C@](C)(NCC(=O)N3C[C@@H](F)C[C@H]3C#N)C[C@@]2(C)C1.N#C[C@@H]1C[C@H](F)CN1C(=O)CCl. The molecular formula is C56H90ClF2N9O6. The summed E-state index contributed by atoms with van der Waals surface area (Å²) in [6, 6.07) is 4.69. The van der Waals surface area contributed by atoms with Gasteiger partial charge in [0.25, 0.3) is 0 Å². The number of carbonyl (C=O) groups excluding carboxylic acids is 3. The Morgan fingerprint density at radius 1 is 0.595 bits per heavy atom. The summed E-state index contributed by atoms with van der Waals surface area (Å²) in [6.45, 7) is 21.0. The molecule has 0 aromatic rings. The van der Waals surface area contributed by atoms with E-state index in [9.17, 15) is 28.4 Å². The van der Waals surface area contributed by atoms with E-state index < -0.39 is 24.4 Å². The fourth-order valence-corrected chi connectivity index (χ4v) is 15.5. The first kappa shape index (κ1) is 60.0. The highest BCUT2D eigenvalue weighted by Gasteiger charge is 2.55. The number of likely N-dealkylation sites (tertiary alicyclic amines) is 3. The van der Waals surface area contributed by atoms with Gasteiger partial charge in [-0.3, -0.25) is 14.4 Å². The fourth-order valence-electron chi connectivity index (χ4n) is 15.3. The normalized spacial score (nSPS) is 41.4. The average molecular weight is 1060 g/mol. The van der Waals surface area contributed by atoms with Crippen LogP contribution in [0.5, 0.6) is 0 Å². The van der Waals surface area contributed by atoms with Gasteiger partial charge < -0.3 is 45.3 Å². The fraction of sp³-hybridized carbons (Fsp3) is 0.893. The molecular weight excluding hydrogens is 968 g/mol. The molecule has 6 aliphatic carbocycles. The van der Waals surface area contributed by atoms with Gasteiger partial charge >= 0.3 is 0 Å². The zero-order valence-corrected chi connectivity index (χ0v) is 46.7. The van der Waals surface area contributed by atoms with Crippen LogP contribution in [0.25, 0.3) is 0 Å². The second-order valence-corrected chi connectivity index (χ2v) is 25.2. The van der Waals surface area contributed by atoms with Crippen molar-refractivity contribution in [3.8, 4) is 18.2 Å². The minimum Gasteiger partial charge on any atom is -0.378 e. The Bertz CT molecular complexity index is 2010. The summed E-state index contributed by atoms with van der Waals surface area (Å²) in [6.07, 6.45) is 14.0. The Morgan fingerprint density at radius 3 is 1.46 bits per heavy atom. The smallest absolute Gasteiger partial charge is 0.238 e. The van der Waals surface area contributed by atoms with Crippen LogP contribution in [0.4, 0.5) is 8.78 Å². The highest BCUT2D eigenvalue weighted by atomic mass is 35.5. The lowest BCUT2D eigenvalue weighted by Crippen LogP contribution is -2.48. The molecule has 4 N–H and O–H groups in total. The molecule has 74 heavy (non-hydrogen) atoms. The number of nitrogens with one attached hydrogen (secondary N) is 2.